The second-order valence-corrected chi connectivity index (χ2v) is 10.2. The molecule has 0 N–H and O–H groups in total. The van der Waals surface area contributed by atoms with Gasteiger partial charge in [0.1, 0.15) is 16.5 Å². The van der Waals surface area contributed by atoms with Gasteiger partial charge >= 0.3 is 0 Å². The first kappa shape index (κ1) is 21.4. The average Bonchev–Trinajstić information content (AvgIpc) is 3.74. The van der Waals surface area contributed by atoms with Gasteiger partial charge < -0.3 is 9.13 Å². The molecule has 0 bridgehead atoms. The SMILES string of the molecule is Cn1cccc1C(c1cccn1C)=c1n2c3nccnc3c3cccc(c4cccc5c6nccnc6n1c45)c32. The van der Waals surface area contributed by atoms with Gasteiger partial charge in [-0.25, -0.2) is 9.97 Å². The average molecular weight is 519 g/mol. The first-order chi connectivity index (χ1) is 19.7. The van der Waals surface area contributed by atoms with Gasteiger partial charge in [0.25, 0.3) is 0 Å². The van der Waals surface area contributed by atoms with E-state index < -0.39 is 0 Å². The second kappa shape index (κ2) is 7.54. The number of para-hydroxylation sites is 2. The normalized spacial score (nSPS) is 12.2. The van der Waals surface area contributed by atoms with Crippen molar-refractivity contribution in [3.63, 3.8) is 0 Å². The number of nitrogens with zero attached hydrogens (tertiary/aromatic N) is 8. The zero-order valence-electron chi connectivity index (χ0n) is 21.8. The predicted octanol–water partition coefficient (Wildman–Crippen LogP) is 5.03. The molecule has 190 valence electrons. The lowest BCUT2D eigenvalue weighted by Gasteiger charge is -2.13. The smallest absolute Gasteiger partial charge is 0.165 e. The molecule has 0 radical (unpaired) electrons. The summed E-state index contributed by atoms with van der Waals surface area (Å²) in [7, 11) is 4.17. The van der Waals surface area contributed by atoms with Crippen LogP contribution in [0, 0.1) is 0 Å². The first-order valence-electron chi connectivity index (χ1n) is 13.2. The molecule has 0 unspecified atom stereocenters. The highest BCUT2D eigenvalue weighted by Gasteiger charge is 2.24. The summed E-state index contributed by atoms with van der Waals surface area (Å²) in [6.45, 7) is 0. The molecule has 0 aliphatic carbocycles. The molecule has 0 spiro atoms. The van der Waals surface area contributed by atoms with Gasteiger partial charge in [-0.15, -0.1) is 0 Å². The van der Waals surface area contributed by atoms with Crippen LogP contribution >= 0.6 is 0 Å². The Bertz CT molecular complexity index is 2350. The molecule has 0 saturated heterocycles. The van der Waals surface area contributed by atoms with Gasteiger partial charge in [-0.05, 0) is 24.3 Å². The molecule has 0 atom stereocenters. The Morgan fingerprint density at radius 1 is 0.525 bits per heavy atom. The summed E-state index contributed by atoms with van der Waals surface area (Å²) in [5.74, 6) is 0. The number of aromatic nitrogens is 8. The molecule has 8 heteroatoms. The highest BCUT2D eigenvalue weighted by atomic mass is 15.1. The minimum absolute atomic E-state index is 0.799. The lowest BCUT2D eigenvalue weighted by Crippen LogP contribution is -2.26. The molecule has 7 aromatic heterocycles. The Morgan fingerprint density at radius 3 is 1.43 bits per heavy atom. The van der Waals surface area contributed by atoms with Crippen LogP contribution < -0.4 is 5.48 Å². The number of fused-ring (bicyclic) bond motifs is 7. The van der Waals surface area contributed by atoms with Gasteiger partial charge in [-0.1, -0.05) is 36.4 Å². The van der Waals surface area contributed by atoms with E-state index in [9.17, 15) is 0 Å². The van der Waals surface area contributed by atoms with Crippen LogP contribution in [0.4, 0.5) is 0 Å². The lowest BCUT2D eigenvalue weighted by atomic mass is 10.1. The van der Waals surface area contributed by atoms with Crippen LogP contribution in [-0.2, 0) is 14.1 Å². The highest BCUT2D eigenvalue weighted by Crippen LogP contribution is 2.36. The van der Waals surface area contributed by atoms with Crippen molar-refractivity contribution in [1.82, 2.24) is 37.9 Å². The third-order valence-electron chi connectivity index (χ3n) is 8.15. The Labute approximate surface area is 227 Å². The number of hydrogen-bond acceptors (Lipinski definition) is 4. The number of hydrogen-bond donors (Lipinski definition) is 0. The molecule has 2 aromatic carbocycles. The Hall–Kier alpha value is -5.50. The summed E-state index contributed by atoms with van der Waals surface area (Å²) in [5.41, 5.74) is 9.64. The molecule has 40 heavy (non-hydrogen) atoms. The second-order valence-electron chi connectivity index (χ2n) is 10.2. The standard InChI is InChI=1S/C32H22N8/c1-37-17-5-11-23(37)25(24-12-6-18-38(24)2)32-39-28-19(7-3-9-21(28)26-30(39)35-15-13-33-26)20-8-4-10-22-27-31(36-16-14-34-27)40(32)29(20)22/h3-18H,1-2H3. The van der Waals surface area contributed by atoms with Crippen molar-refractivity contribution < 1.29 is 0 Å². The van der Waals surface area contributed by atoms with Crippen LogP contribution in [-0.4, -0.2) is 37.9 Å². The van der Waals surface area contributed by atoms with E-state index in [4.69, 9.17) is 19.9 Å². The maximum Gasteiger partial charge on any atom is 0.165 e. The first-order valence-corrected chi connectivity index (χ1v) is 13.2. The molecule has 8 nitrogen and oxygen atoms in total. The predicted molar refractivity (Wildman–Crippen MR) is 157 cm³/mol. The molecule has 0 amide bonds. The number of rotatable bonds is 2. The van der Waals surface area contributed by atoms with Crippen LogP contribution in [0.1, 0.15) is 11.4 Å². The molecule has 0 aliphatic rings. The molecule has 7 heterocycles. The molecule has 0 aliphatic heterocycles. The van der Waals surface area contributed by atoms with Crippen LogP contribution in [0.3, 0.4) is 0 Å². The van der Waals surface area contributed by atoms with E-state index in [0.717, 1.165) is 77.3 Å². The van der Waals surface area contributed by atoms with Crippen molar-refractivity contribution in [3.05, 3.63) is 115 Å². The Balaban J connectivity index is 1.81. The van der Waals surface area contributed by atoms with E-state index >= 15 is 0 Å². The maximum absolute atomic E-state index is 4.94. The quantitative estimate of drug-likeness (QED) is 0.322. The zero-order chi connectivity index (χ0) is 26.5. The lowest BCUT2D eigenvalue weighted by molar-refractivity contribution is 0.870. The van der Waals surface area contributed by atoms with Gasteiger partial charge in [0.05, 0.1) is 28.0 Å². The summed E-state index contributed by atoms with van der Waals surface area (Å²) >= 11 is 0. The molecule has 0 saturated carbocycles. The minimum atomic E-state index is 0.799. The van der Waals surface area contributed by atoms with Crippen LogP contribution in [0.25, 0.3) is 60.5 Å². The minimum Gasteiger partial charge on any atom is -0.350 e. The zero-order valence-corrected chi connectivity index (χ0v) is 21.8. The summed E-state index contributed by atoms with van der Waals surface area (Å²) < 4.78 is 8.91. The third kappa shape index (κ3) is 2.55. The van der Waals surface area contributed by atoms with E-state index in [1.54, 1.807) is 24.8 Å². The van der Waals surface area contributed by atoms with E-state index in [1.165, 1.54) is 0 Å². The van der Waals surface area contributed by atoms with E-state index in [-0.39, 0.29) is 0 Å². The fourth-order valence-corrected chi connectivity index (χ4v) is 6.50. The molecule has 9 rings (SSSR count). The monoisotopic (exact) mass is 518 g/mol. The van der Waals surface area contributed by atoms with Crippen molar-refractivity contribution in [1.29, 1.82) is 0 Å². The van der Waals surface area contributed by atoms with Crippen molar-refractivity contribution in [2.24, 2.45) is 14.1 Å². The van der Waals surface area contributed by atoms with Crippen LogP contribution in [0.15, 0.2) is 97.8 Å². The molecular weight excluding hydrogens is 496 g/mol. The van der Waals surface area contributed by atoms with Gasteiger partial charge in [0, 0.05) is 72.8 Å². The topological polar surface area (TPSA) is 70.2 Å². The van der Waals surface area contributed by atoms with Crippen molar-refractivity contribution >= 4 is 60.5 Å². The fraction of sp³-hybridized carbons (Fsp3) is 0.0625. The van der Waals surface area contributed by atoms with Gasteiger partial charge in [0.2, 0.25) is 0 Å². The number of benzene rings is 2. The van der Waals surface area contributed by atoms with E-state index in [2.05, 4.69) is 105 Å². The van der Waals surface area contributed by atoms with Crippen molar-refractivity contribution in [2.45, 2.75) is 0 Å². The third-order valence-corrected chi connectivity index (χ3v) is 8.15. The number of aryl methyl sites for hydroxylation is 2. The van der Waals surface area contributed by atoms with E-state index in [0.29, 0.717) is 0 Å². The molecular formula is C32H22N8. The summed E-state index contributed by atoms with van der Waals surface area (Å²) in [6, 6.07) is 21.4. The summed E-state index contributed by atoms with van der Waals surface area (Å²) in [6.07, 6.45) is 11.3. The van der Waals surface area contributed by atoms with Crippen LogP contribution in [0.2, 0.25) is 0 Å². The largest absolute Gasteiger partial charge is 0.350 e. The van der Waals surface area contributed by atoms with Crippen LogP contribution in [0.5, 0.6) is 0 Å². The van der Waals surface area contributed by atoms with Gasteiger partial charge in [0.15, 0.2) is 11.3 Å². The summed E-state index contributed by atoms with van der Waals surface area (Å²) in [4.78, 5) is 19.5. The Morgan fingerprint density at radius 2 is 0.975 bits per heavy atom. The maximum atomic E-state index is 4.94. The summed E-state index contributed by atoms with van der Waals surface area (Å²) in [5, 5.41) is 4.38. The van der Waals surface area contributed by atoms with Crippen molar-refractivity contribution in [3.8, 4) is 0 Å². The molecule has 9 aromatic rings. The highest BCUT2D eigenvalue weighted by molar-refractivity contribution is 6.22. The molecule has 0 fully saturated rings. The van der Waals surface area contributed by atoms with E-state index in [1.807, 2.05) is 0 Å². The van der Waals surface area contributed by atoms with Gasteiger partial charge in [-0.2, -0.15) is 0 Å². The van der Waals surface area contributed by atoms with Gasteiger partial charge in [-0.3, -0.25) is 18.8 Å². The fourth-order valence-electron chi connectivity index (χ4n) is 6.50. The van der Waals surface area contributed by atoms with Crippen molar-refractivity contribution in [2.75, 3.05) is 0 Å². The Kier molecular flexibility index (Phi) is 4.04.